The maximum Gasteiger partial charge on any atom is 0.261 e. The minimum absolute atomic E-state index is 0.101. The van der Waals surface area contributed by atoms with E-state index in [1.807, 2.05) is 30.3 Å². The third-order valence-electron chi connectivity index (χ3n) is 4.15. The van der Waals surface area contributed by atoms with Gasteiger partial charge in [0.1, 0.15) is 4.83 Å². The lowest BCUT2D eigenvalue weighted by molar-refractivity contribution is 0.700. The van der Waals surface area contributed by atoms with Crippen LogP contribution in [-0.2, 0) is 12.8 Å². The molecular formula is C17H17N5OS2. The zero-order chi connectivity index (χ0) is 17.2. The van der Waals surface area contributed by atoms with Crippen molar-refractivity contribution in [2.45, 2.75) is 25.7 Å². The molecule has 3 aromatic rings. The molecule has 1 aliphatic carbocycles. The Bertz CT molecular complexity index is 980. The number of aromatic amines is 1. The zero-order valence-corrected chi connectivity index (χ0v) is 15.0. The smallest absolute Gasteiger partial charge is 0.261 e. The maximum atomic E-state index is 12.5. The van der Waals surface area contributed by atoms with Crippen LogP contribution in [0.2, 0.25) is 0 Å². The second-order valence-corrected chi connectivity index (χ2v) is 7.37. The number of nitrogens with one attached hydrogen (secondary N) is 4. The molecule has 0 radical (unpaired) electrons. The minimum Gasteiger partial charge on any atom is -0.331 e. The van der Waals surface area contributed by atoms with Crippen LogP contribution < -0.4 is 21.7 Å². The number of nitrogens with zero attached hydrogens (tertiary/aromatic N) is 1. The number of H-pyrrole nitrogens is 1. The first-order chi connectivity index (χ1) is 12.2. The van der Waals surface area contributed by atoms with E-state index in [9.17, 15) is 4.79 Å². The van der Waals surface area contributed by atoms with Gasteiger partial charge in [0.25, 0.3) is 5.56 Å². The van der Waals surface area contributed by atoms with E-state index in [2.05, 4.69) is 26.1 Å². The highest BCUT2D eigenvalue weighted by atomic mass is 32.1. The number of hydrogen-bond donors (Lipinski definition) is 4. The summed E-state index contributed by atoms with van der Waals surface area (Å²) in [5.74, 6) is 0.355. The van der Waals surface area contributed by atoms with Gasteiger partial charge in [-0.25, -0.2) is 4.98 Å². The lowest BCUT2D eigenvalue weighted by atomic mass is 9.97. The van der Waals surface area contributed by atoms with E-state index in [4.69, 9.17) is 12.2 Å². The van der Waals surface area contributed by atoms with Crippen LogP contribution in [-0.4, -0.2) is 15.1 Å². The Kier molecular flexibility index (Phi) is 4.37. The van der Waals surface area contributed by atoms with E-state index in [-0.39, 0.29) is 5.56 Å². The molecule has 0 spiro atoms. The number of hydrazine groups is 1. The fraction of sp³-hybridized carbons (Fsp3) is 0.235. The van der Waals surface area contributed by atoms with E-state index in [1.165, 1.54) is 16.9 Å². The highest BCUT2D eigenvalue weighted by molar-refractivity contribution is 7.80. The average molecular weight is 371 g/mol. The molecule has 128 valence electrons. The molecule has 6 nitrogen and oxygen atoms in total. The van der Waals surface area contributed by atoms with Crippen LogP contribution in [0.1, 0.15) is 23.3 Å². The van der Waals surface area contributed by atoms with E-state index >= 15 is 0 Å². The summed E-state index contributed by atoms with van der Waals surface area (Å²) in [6, 6.07) is 9.60. The summed E-state index contributed by atoms with van der Waals surface area (Å²) in [6.07, 6.45) is 4.33. The molecule has 0 atom stereocenters. The molecule has 0 saturated carbocycles. The van der Waals surface area contributed by atoms with E-state index in [1.54, 1.807) is 11.3 Å². The van der Waals surface area contributed by atoms with Crippen molar-refractivity contribution in [2.24, 2.45) is 0 Å². The van der Waals surface area contributed by atoms with Crippen molar-refractivity contribution in [1.29, 1.82) is 0 Å². The van der Waals surface area contributed by atoms with Crippen molar-refractivity contribution in [3.05, 3.63) is 51.1 Å². The van der Waals surface area contributed by atoms with Crippen LogP contribution in [0.25, 0.3) is 10.2 Å². The molecule has 0 aliphatic heterocycles. The summed E-state index contributed by atoms with van der Waals surface area (Å²) >= 11 is 6.85. The van der Waals surface area contributed by atoms with Crippen molar-refractivity contribution in [2.75, 3.05) is 10.7 Å². The molecule has 4 rings (SSSR count). The zero-order valence-electron chi connectivity index (χ0n) is 13.4. The van der Waals surface area contributed by atoms with Gasteiger partial charge < -0.3 is 5.32 Å². The van der Waals surface area contributed by atoms with E-state index in [0.29, 0.717) is 11.1 Å². The normalized spacial score (nSPS) is 13.3. The predicted molar refractivity (Wildman–Crippen MR) is 106 cm³/mol. The Balaban J connectivity index is 1.50. The number of aryl methyl sites for hydroxylation is 2. The van der Waals surface area contributed by atoms with Crippen LogP contribution in [0.3, 0.4) is 0 Å². The summed E-state index contributed by atoms with van der Waals surface area (Å²) in [7, 11) is 0. The molecular weight excluding hydrogens is 354 g/mol. The molecule has 2 aromatic heterocycles. The summed E-state index contributed by atoms with van der Waals surface area (Å²) in [5.41, 5.74) is 7.67. The first-order valence-corrected chi connectivity index (χ1v) is 9.36. The van der Waals surface area contributed by atoms with Gasteiger partial charge in [-0.3, -0.25) is 20.6 Å². The van der Waals surface area contributed by atoms with Gasteiger partial charge in [0.05, 0.1) is 5.39 Å². The number of fused-ring (bicyclic) bond motifs is 3. The predicted octanol–water partition coefficient (Wildman–Crippen LogP) is 3.18. The molecule has 0 bridgehead atoms. The summed E-state index contributed by atoms with van der Waals surface area (Å²) in [4.78, 5) is 21.8. The molecule has 0 fully saturated rings. The summed E-state index contributed by atoms with van der Waals surface area (Å²) in [5, 5.41) is 4.18. The molecule has 8 heteroatoms. The standard InChI is InChI=1S/C17H17N5OS2/c23-14-13-11-8-4-5-9-12(11)25-15(13)20-16(19-14)21-22-17(24)18-10-6-2-1-3-7-10/h1-3,6-7H,4-5,8-9H2,(H2,18,22,24)(H2,19,20,21,23). The Hall–Kier alpha value is -2.45. The van der Waals surface area contributed by atoms with Crippen LogP contribution in [0.15, 0.2) is 35.1 Å². The van der Waals surface area contributed by atoms with Crippen molar-refractivity contribution in [3.8, 4) is 0 Å². The largest absolute Gasteiger partial charge is 0.331 e. The fourth-order valence-corrected chi connectivity index (χ4v) is 4.45. The molecule has 0 amide bonds. The van der Waals surface area contributed by atoms with Crippen LogP contribution >= 0.6 is 23.6 Å². The number of anilines is 2. The van der Waals surface area contributed by atoms with E-state index < -0.39 is 0 Å². The van der Waals surface area contributed by atoms with Gasteiger partial charge in [-0.05, 0) is 55.6 Å². The molecule has 25 heavy (non-hydrogen) atoms. The van der Waals surface area contributed by atoms with Gasteiger partial charge >= 0.3 is 0 Å². The number of para-hydroxylation sites is 1. The molecule has 1 aromatic carbocycles. The second-order valence-electron chi connectivity index (χ2n) is 5.88. The Labute approximate surface area is 153 Å². The third kappa shape index (κ3) is 3.35. The highest BCUT2D eigenvalue weighted by Crippen LogP contribution is 2.33. The third-order valence-corrected chi connectivity index (χ3v) is 5.54. The summed E-state index contributed by atoms with van der Waals surface area (Å²) in [6.45, 7) is 0. The lowest BCUT2D eigenvalue weighted by Gasteiger charge is -2.12. The fourth-order valence-electron chi connectivity index (χ4n) is 3.02. The Morgan fingerprint density at radius 2 is 2.00 bits per heavy atom. The molecule has 0 saturated heterocycles. The number of benzene rings is 1. The van der Waals surface area contributed by atoms with Gasteiger partial charge in [0, 0.05) is 10.6 Å². The Morgan fingerprint density at radius 1 is 1.20 bits per heavy atom. The first-order valence-electron chi connectivity index (χ1n) is 8.13. The first kappa shape index (κ1) is 16.0. The SMILES string of the molecule is O=c1[nH]c(NNC(=S)Nc2ccccc2)nc2sc3c(c12)CCCC3. The minimum atomic E-state index is -0.101. The molecule has 1 aliphatic rings. The van der Waals surface area contributed by atoms with Crippen LogP contribution in [0.5, 0.6) is 0 Å². The van der Waals surface area contributed by atoms with Crippen LogP contribution in [0.4, 0.5) is 11.6 Å². The van der Waals surface area contributed by atoms with Gasteiger partial charge in [-0.15, -0.1) is 11.3 Å². The van der Waals surface area contributed by atoms with Gasteiger partial charge in [-0.2, -0.15) is 0 Å². The number of hydrogen-bond acceptors (Lipinski definition) is 5. The molecule has 0 unspecified atom stereocenters. The van der Waals surface area contributed by atoms with Crippen molar-refractivity contribution < 1.29 is 0 Å². The van der Waals surface area contributed by atoms with Crippen molar-refractivity contribution in [1.82, 2.24) is 15.4 Å². The topological polar surface area (TPSA) is 81.8 Å². The van der Waals surface area contributed by atoms with Gasteiger partial charge in [0.15, 0.2) is 5.11 Å². The van der Waals surface area contributed by atoms with Gasteiger partial charge in [0.2, 0.25) is 5.95 Å². The second kappa shape index (κ2) is 6.81. The number of aromatic nitrogens is 2. The monoisotopic (exact) mass is 371 g/mol. The average Bonchev–Trinajstić information content (AvgIpc) is 2.99. The Morgan fingerprint density at radius 3 is 2.84 bits per heavy atom. The quantitative estimate of drug-likeness (QED) is 0.418. The summed E-state index contributed by atoms with van der Waals surface area (Å²) < 4.78 is 0. The lowest BCUT2D eigenvalue weighted by Crippen LogP contribution is -2.34. The van der Waals surface area contributed by atoms with Crippen molar-refractivity contribution in [3.63, 3.8) is 0 Å². The number of thiocarbonyl (C=S) groups is 1. The van der Waals surface area contributed by atoms with Crippen LogP contribution in [0, 0.1) is 0 Å². The van der Waals surface area contributed by atoms with Crippen molar-refractivity contribution >= 4 is 50.5 Å². The molecule has 2 heterocycles. The number of thiophene rings is 1. The van der Waals surface area contributed by atoms with E-state index in [0.717, 1.165) is 35.2 Å². The maximum absolute atomic E-state index is 12.5. The number of rotatable bonds is 3. The highest BCUT2D eigenvalue weighted by Gasteiger charge is 2.19. The molecule has 4 N–H and O–H groups in total. The van der Waals surface area contributed by atoms with Gasteiger partial charge in [-0.1, -0.05) is 18.2 Å².